The molecule has 1 aromatic carbocycles. The maximum atomic E-state index is 13.3. The second-order valence-electron chi connectivity index (χ2n) is 3.31. The minimum atomic E-state index is -3.70. The van der Waals surface area contributed by atoms with Gasteiger partial charge in [0.15, 0.2) is 0 Å². The number of anilines is 1. The minimum Gasteiger partial charge on any atom is -0.330 e. The van der Waals surface area contributed by atoms with Gasteiger partial charge in [0.1, 0.15) is 11.6 Å². The molecule has 0 atom stereocenters. The van der Waals surface area contributed by atoms with E-state index in [2.05, 4.69) is 15.9 Å². The van der Waals surface area contributed by atoms with Crippen molar-refractivity contribution in [2.45, 2.75) is 6.42 Å². The van der Waals surface area contributed by atoms with Crippen LogP contribution in [0.25, 0.3) is 0 Å². The molecule has 8 heteroatoms. The highest BCUT2D eigenvalue weighted by Gasteiger charge is 2.14. The number of benzene rings is 1. The molecule has 3 N–H and O–H groups in total. The van der Waals surface area contributed by atoms with Crippen LogP contribution in [-0.2, 0) is 10.0 Å². The first-order chi connectivity index (χ1) is 7.85. The summed E-state index contributed by atoms with van der Waals surface area (Å²) in [5.41, 5.74) is 4.76. The monoisotopic (exact) mass is 328 g/mol. The number of nitrogens with two attached hydrogens (primary N) is 1. The lowest BCUT2D eigenvalue weighted by atomic mass is 10.3. The van der Waals surface area contributed by atoms with Crippen LogP contribution in [0, 0.1) is 11.6 Å². The molecule has 0 saturated heterocycles. The van der Waals surface area contributed by atoms with Crippen molar-refractivity contribution < 1.29 is 17.2 Å². The van der Waals surface area contributed by atoms with E-state index in [0.29, 0.717) is 0 Å². The number of hydrogen-bond donors (Lipinski definition) is 2. The van der Waals surface area contributed by atoms with Crippen molar-refractivity contribution in [3.8, 4) is 0 Å². The molecule has 4 nitrogen and oxygen atoms in total. The minimum absolute atomic E-state index is 0.0695. The van der Waals surface area contributed by atoms with Gasteiger partial charge in [-0.05, 0) is 35.0 Å². The predicted octanol–water partition coefficient (Wildman–Crippen LogP) is 1.82. The lowest BCUT2D eigenvalue weighted by Gasteiger charge is -2.09. The van der Waals surface area contributed by atoms with Crippen LogP contribution in [0.3, 0.4) is 0 Å². The number of hydrogen-bond acceptors (Lipinski definition) is 3. The Morgan fingerprint density at radius 3 is 2.53 bits per heavy atom. The Morgan fingerprint density at radius 2 is 1.94 bits per heavy atom. The van der Waals surface area contributed by atoms with Crippen LogP contribution >= 0.6 is 15.9 Å². The summed E-state index contributed by atoms with van der Waals surface area (Å²) in [6.07, 6.45) is 0.246. The number of halogens is 3. The largest absolute Gasteiger partial charge is 0.330 e. The molecular formula is C9H11BrF2N2O2S. The summed E-state index contributed by atoms with van der Waals surface area (Å²) in [6.45, 7) is 0.206. The fraction of sp³-hybridized carbons (Fsp3) is 0.333. The summed E-state index contributed by atoms with van der Waals surface area (Å²) >= 11 is 2.79. The number of nitrogens with one attached hydrogen (secondary N) is 1. The fourth-order valence-corrected chi connectivity index (χ4v) is 2.55. The quantitative estimate of drug-likeness (QED) is 0.810. The normalized spacial score (nSPS) is 11.5. The Hall–Kier alpha value is -0.730. The summed E-state index contributed by atoms with van der Waals surface area (Å²) in [6, 6.07) is 1.63. The summed E-state index contributed by atoms with van der Waals surface area (Å²) < 4.78 is 51.2. The molecule has 0 spiro atoms. The van der Waals surface area contributed by atoms with Gasteiger partial charge in [0, 0.05) is 6.07 Å². The van der Waals surface area contributed by atoms with E-state index in [1.807, 2.05) is 4.72 Å². The SMILES string of the molecule is NCCCS(=O)(=O)Nc1cc(F)c(Br)cc1F. The molecule has 0 amide bonds. The molecule has 1 rings (SSSR count). The van der Waals surface area contributed by atoms with E-state index in [4.69, 9.17) is 5.73 Å². The van der Waals surface area contributed by atoms with E-state index in [1.165, 1.54) is 0 Å². The molecule has 0 bridgehead atoms. The number of sulfonamides is 1. The van der Waals surface area contributed by atoms with Crippen molar-refractivity contribution in [1.82, 2.24) is 0 Å². The Kier molecular flexibility index (Phi) is 4.84. The summed E-state index contributed by atoms with van der Waals surface area (Å²) in [4.78, 5) is 0. The highest BCUT2D eigenvalue weighted by molar-refractivity contribution is 9.10. The molecule has 1 aromatic rings. The average molecular weight is 329 g/mol. The van der Waals surface area contributed by atoms with Crippen LogP contribution in [0.2, 0.25) is 0 Å². The highest BCUT2D eigenvalue weighted by atomic mass is 79.9. The van der Waals surface area contributed by atoms with Crippen molar-refractivity contribution in [3.05, 3.63) is 28.2 Å². The van der Waals surface area contributed by atoms with E-state index in [-0.39, 0.29) is 23.2 Å². The van der Waals surface area contributed by atoms with Crippen molar-refractivity contribution in [3.63, 3.8) is 0 Å². The van der Waals surface area contributed by atoms with Gasteiger partial charge in [-0.15, -0.1) is 0 Å². The van der Waals surface area contributed by atoms with Gasteiger partial charge >= 0.3 is 0 Å². The second kappa shape index (κ2) is 5.74. The van der Waals surface area contributed by atoms with E-state index >= 15 is 0 Å². The van der Waals surface area contributed by atoms with Crippen LogP contribution in [-0.4, -0.2) is 20.7 Å². The van der Waals surface area contributed by atoms with Crippen LogP contribution in [0.4, 0.5) is 14.5 Å². The molecule has 0 aromatic heterocycles. The van der Waals surface area contributed by atoms with E-state index in [9.17, 15) is 17.2 Å². The van der Waals surface area contributed by atoms with Crippen molar-refractivity contribution in [2.24, 2.45) is 5.73 Å². The molecule has 0 fully saturated rings. The first-order valence-corrected chi connectivity index (χ1v) is 7.15. The van der Waals surface area contributed by atoms with Gasteiger partial charge in [-0.25, -0.2) is 17.2 Å². The predicted molar refractivity (Wildman–Crippen MR) is 65.1 cm³/mol. The topological polar surface area (TPSA) is 72.2 Å². The maximum Gasteiger partial charge on any atom is 0.232 e. The maximum absolute atomic E-state index is 13.3. The van der Waals surface area contributed by atoms with Crippen molar-refractivity contribution >= 4 is 31.6 Å². The van der Waals surface area contributed by atoms with Gasteiger partial charge in [0.25, 0.3) is 0 Å². The molecule has 0 aliphatic rings. The Bertz CT molecular complexity index is 508. The van der Waals surface area contributed by atoms with Gasteiger partial charge < -0.3 is 5.73 Å². The Morgan fingerprint density at radius 1 is 1.29 bits per heavy atom. The molecule has 0 heterocycles. The molecule has 0 aliphatic heterocycles. The van der Waals surface area contributed by atoms with Crippen molar-refractivity contribution in [1.29, 1.82) is 0 Å². The summed E-state index contributed by atoms with van der Waals surface area (Å²) in [5, 5.41) is 0. The zero-order valence-electron chi connectivity index (χ0n) is 8.71. The standard InChI is InChI=1S/C9H11BrF2N2O2S/c10-6-4-8(12)9(5-7(6)11)14-17(15,16)3-1-2-13/h4-5,14H,1-3,13H2. The molecular weight excluding hydrogens is 318 g/mol. The van der Waals surface area contributed by atoms with Crippen LogP contribution in [0.15, 0.2) is 16.6 Å². The zero-order chi connectivity index (χ0) is 13.1. The summed E-state index contributed by atoms with van der Waals surface area (Å²) in [7, 11) is -3.70. The summed E-state index contributed by atoms with van der Waals surface area (Å²) in [5.74, 6) is -1.84. The van der Waals surface area contributed by atoms with Gasteiger partial charge in [0.2, 0.25) is 10.0 Å². The van der Waals surface area contributed by atoms with E-state index < -0.39 is 27.3 Å². The first-order valence-electron chi connectivity index (χ1n) is 4.71. The van der Waals surface area contributed by atoms with Gasteiger partial charge in [-0.1, -0.05) is 0 Å². The van der Waals surface area contributed by atoms with Crippen LogP contribution in [0.5, 0.6) is 0 Å². The lowest BCUT2D eigenvalue weighted by Crippen LogP contribution is -2.19. The Labute approximate surface area is 106 Å². The van der Waals surface area contributed by atoms with E-state index in [1.54, 1.807) is 0 Å². The average Bonchev–Trinajstić information content (AvgIpc) is 2.23. The highest BCUT2D eigenvalue weighted by Crippen LogP contribution is 2.24. The molecule has 0 unspecified atom stereocenters. The van der Waals surface area contributed by atoms with E-state index in [0.717, 1.165) is 12.1 Å². The van der Waals surface area contributed by atoms with Crippen molar-refractivity contribution in [2.75, 3.05) is 17.0 Å². The fourth-order valence-electron chi connectivity index (χ4n) is 1.09. The van der Waals surface area contributed by atoms with Crippen LogP contribution < -0.4 is 10.5 Å². The van der Waals surface area contributed by atoms with Gasteiger partial charge in [0.05, 0.1) is 15.9 Å². The number of rotatable bonds is 5. The van der Waals surface area contributed by atoms with Crippen LogP contribution in [0.1, 0.15) is 6.42 Å². The van der Waals surface area contributed by atoms with Gasteiger partial charge in [-0.2, -0.15) is 0 Å². The first kappa shape index (κ1) is 14.3. The molecule has 0 radical (unpaired) electrons. The lowest BCUT2D eigenvalue weighted by molar-refractivity contribution is 0.590. The Balaban J connectivity index is 2.92. The molecule has 0 saturated carbocycles. The third kappa shape index (κ3) is 4.21. The van der Waals surface area contributed by atoms with Gasteiger partial charge in [-0.3, -0.25) is 4.72 Å². The zero-order valence-corrected chi connectivity index (χ0v) is 11.1. The molecule has 17 heavy (non-hydrogen) atoms. The second-order valence-corrected chi connectivity index (χ2v) is 6.01. The smallest absolute Gasteiger partial charge is 0.232 e. The third-order valence-corrected chi connectivity index (χ3v) is 3.86. The molecule has 0 aliphatic carbocycles. The third-order valence-electron chi connectivity index (χ3n) is 1.89. The molecule has 96 valence electrons.